The molecule has 0 radical (unpaired) electrons. The van der Waals surface area contributed by atoms with E-state index in [1.54, 1.807) is 4.90 Å². The second-order valence-corrected chi connectivity index (χ2v) is 5.22. The van der Waals surface area contributed by atoms with Crippen LogP contribution in [0.2, 0.25) is 5.82 Å². The summed E-state index contributed by atoms with van der Waals surface area (Å²) in [6, 6.07) is 0. The van der Waals surface area contributed by atoms with Gasteiger partial charge < -0.3 is 19.7 Å². The zero-order valence-electron chi connectivity index (χ0n) is 10.1. The molecule has 0 saturated carbocycles. The highest BCUT2D eigenvalue weighted by Crippen LogP contribution is 2.24. The van der Waals surface area contributed by atoms with Crippen LogP contribution >= 0.6 is 0 Å². The molecule has 0 aliphatic carbocycles. The molecule has 1 aliphatic rings. The van der Waals surface area contributed by atoms with Crippen LogP contribution in [0, 0.1) is 0 Å². The zero-order valence-corrected chi connectivity index (χ0v) is 10.1. The van der Waals surface area contributed by atoms with Crippen LogP contribution < -0.4 is 0 Å². The lowest BCUT2D eigenvalue weighted by Gasteiger charge is -2.33. The Bertz CT molecular complexity index is 244. The highest BCUT2D eigenvalue weighted by atomic mass is 16.6. The van der Waals surface area contributed by atoms with Crippen molar-refractivity contribution in [3.63, 3.8) is 0 Å². The molecule has 0 aromatic heterocycles. The van der Waals surface area contributed by atoms with Crippen molar-refractivity contribution in [2.24, 2.45) is 0 Å². The fourth-order valence-electron chi connectivity index (χ4n) is 1.71. The third-order valence-electron chi connectivity index (χ3n) is 2.61. The first-order chi connectivity index (χ1) is 7.29. The van der Waals surface area contributed by atoms with Gasteiger partial charge in [0.15, 0.2) is 0 Å². The molecule has 1 rings (SSSR count). The molecule has 5 nitrogen and oxygen atoms in total. The Labute approximate surface area is 96.5 Å². The highest BCUT2D eigenvalue weighted by Gasteiger charge is 2.31. The Morgan fingerprint density at radius 1 is 1.31 bits per heavy atom. The Balaban J connectivity index is 2.39. The van der Waals surface area contributed by atoms with Crippen LogP contribution in [-0.4, -0.2) is 46.9 Å². The Kier molecular flexibility index (Phi) is 4.21. The molecule has 1 saturated heterocycles. The van der Waals surface area contributed by atoms with Crippen molar-refractivity contribution >= 4 is 13.2 Å². The third kappa shape index (κ3) is 4.02. The Hall–Kier alpha value is -0.745. The van der Waals surface area contributed by atoms with E-state index in [2.05, 4.69) is 0 Å². The summed E-state index contributed by atoms with van der Waals surface area (Å²) in [5.41, 5.74) is -0.482. The minimum atomic E-state index is -1.28. The molecule has 92 valence electrons. The Morgan fingerprint density at radius 2 is 1.81 bits per heavy atom. The Morgan fingerprint density at radius 3 is 2.19 bits per heavy atom. The average Bonchev–Trinajstić information content (AvgIpc) is 2.15. The van der Waals surface area contributed by atoms with E-state index in [-0.39, 0.29) is 11.9 Å². The second-order valence-electron chi connectivity index (χ2n) is 5.22. The molecule has 2 N–H and O–H groups in total. The molecule has 0 spiro atoms. The van der Waals surface area contributed by atoms with Crippen LogP contribution in [-0.2, 0) is 4.74 Å². The molecule has 6 heteroatoms. The predicted molar refractivity (Wildman–Crippen MR) is 61.0 cm³/mol. The van der Waals surface area contributed by atoms with Gasteiger partial charge in [0.2, 0.25) is 0 Å². The molecule has 0 unspecified atom stereocenters. The van der Waals surface area contributed by atoms with Crippen molar-refractivity contribution in [1.29, 1.82) is 0 Å². The molecule has 0 bridgehead atoms. The van der Waals surface area contributed by atoms with Crippen LogP contribution in [0.3, 0.4) is 0 Å². The van der Waals surface area contributed by atoms with E-state index < -0.39 is 12.7 Å². The summed E-state index contributed by atoms with van der Waals surface area (Å²) < 4.78 is 5.23. The lowest BCUT2D eigenvalue weighted by Crippen LogP contribution is -2.42. The first kappa shape index (κ1) is 13.3. The van der Waals surface area contributed by atoms with Crippen molar-refractivity contribution in [3.8, 4) is 0 Å². The van der Waals surface area contributed by atoms with E-state index in [0.29, 0.717) is 25.9 Å². The summed E-state index contributed by atoms with van der Waals surface area (Å²) in [7, 11) is -1.28. The van der Waals surface area contributed by atoms with Crippen molar-refractivity contribution in [2.75, 3.05) is 13.1 Å². The van der Waals surface area contributed by atoms with E-state index in [0.717, 1.165) is 0 Å². The first-order valence-electron chi connectivity index (χ1n) is 5.63. The quantitative estimate of drug-likeness (QED) is 0.654. The van der Waals surface area contributed by atoms with E-state index in [1.807, 2.05) is 20.8 Å². The van der Waals surface area contributed by atoms with Gasteiger partial charge in [0.25, 0.3) is 0 Å². The summed E-state index contributed by atoms with van der Waals surface area (Å²) in [6.07, 6.45) is 0.895. The summed E-state index contributed by atoms with van der Waals surface area (Å²) in [5.74, 6) is -0.126. The molecule has 0 aromatic rings. The van der Waals surface area contributed by atoms with Gasteiger partial charge >= 0.3 is 13.2 Å². The van der Waals surface area contributed by atoms with Crippen LogP contribution in [0.15, 0.2) is 0 Å². The van der Waals surface area contributed by atoms with Crippen molar-refractivity contribution in [2.45, 2.75) is 45.0 Å². The SMILES string of the molecule is CC(C)(C)OC(=O)N1CCC(B(O)O)CC1. The van der Waals surface area contributed by atoms with Crippen LogP contribution in [0.4, 0.5) is 4.79 Å². The van der Waals surface area contributed by atoms with E-state index in [9.17, 15) is 4.79 Å². The number of ether oxygens (including phenoxy) is 1. The van der Waals surface area contributed by atoms with Gasteiger partial charge in [-0.1, -0.05) is 0 Å². The van der Waals surface area contributed by atoms with Crippen LogP contribution in [0.25, 0.3) is 0 Å². The number of amides is 1. The number of carbonyl (C=O) groups is 1. The number of likely N-dealkylation sites (tertiary alicyclic amines) is 1. The fourth-order valence-corrected chi connectivity index (χ4v) is 1.71. The summed E-state index contributed by atoms with van der Waals surface area (Å²) in [4.78, 5) is 13.3. The summed E-state index contributed by atoms with van der Waals surface area (Å²) in [5, 5.41) is 18.0. The van der Waals surface area contributed by atoms with Gasteiger partial charge in [-0.25, -0.2) is 4.79 Å². The van der Waals surface area contributed by atoms with Crippen molar-refractivity contribution in [3.05, 3.63) is 0 Å². The van der Waals surface area contributed by atoms with Gasteiger partial charge in [0.1, 0.15) is 5.60 Å². The van der Waals surface area contributed by atoms with E-state index in [4.69, 9.17) is 14.8 Å². The highest BCUT2D eigenvalue weighted by molar-refractivity contribution is 6.43. The van der Waals surface area contributed by atoms with Gasteiger partial charge in [-0.3, -0.25) is 0 Å². The molecular weight excluding hydrogens is 209 g/mol. The normalized spacial score (nSPS) is 18.4. The lowest BCUT2D eigenvalue weighted by atomic mass is 9.68. The van der Waals surface area contributed by atoms with Crippen LogP contribution in [0.5, 0.6) is 0 Å². The average molecular weight is 229 g/mol. The maximum absolute atomic E-state index is 11.7. The van der Waals surface area contributed by atoms with E-state index in [1.165, 1.54) is 0 Å². The van der Waals surface area contributed by atoms with E-state index >= 15 is 0 Å². The number of carbonyl (C=O) groups excluding carboxylic acids is 1. The minimum Gasteiger partial charge on any atom is -0.444 e. The molecule has 1 amide bonds. The smallest absolute Gasteiger partial charge is 0.444 e. The molecule has 1 aliphatic heterocycles. The standard InChI is InChI=1S/C10H20BNO4/c1-10(2,3)16-9(13)12-6-4-8(5-7-12)11(14)15/h8,14-15H,4-7H2,1-3H3. The molecule has 16 heavy (non-hydrogen) atoms. The topological polar surface area (TPSA) is 70.0 Å². The largest absolute Gasteiger partial charge is 0.454 e. The summed E-state index contributed by atoms with van der Waals surface area (Å²) >= 11 is 0. The van der Waals surface area contributed by atoms with Crippen molar-refractivity contribution < 1.29 is 19.6 Å². The molecular formula is C10H20BNO4. The third-order valence-corrected chi connectivity index (χ3v) is 2.61. The number of hydrogen-bond acceptors (Lipinski definition) is 4. The predicted octanol–water partition coefficient (Wildman–Crippen LogP) is 0.860. The zero-order chi connectivity index (χ0) is 12.3. The molecule has 1 heterocycles. The lowest BCUT2D eigenvalue weighted by molar-refractivity contribution is 0.0210. The van der Waals surface area contributed by atoms with Crippen LogP contribution in [0.1, 0.15) is 33.6 Å². The molecule has 0 aromatic carbocycles. The van der Waals surface area contributed by atoms with Gasteiger partial charge in [-0.2, -0.15) is 0 Å². The molecule has 0 atom stereocenters. The van der Waals surface area contributed by atoms with Gasteiger partial charge in [0.05, 0.1) is 0 Å². The number of piperidine rings is 1. The minimum absolute atomic E-state index is 0.126. The van der Waals surface area contributed by atoms with Crippen molar-refractivity contribution in [1.82, 2.24) is 4.90 Å². The first-order valence-corrected chi connectivity index (χ1v) is 5.63. The van der Waals surface area contributed by atoms with Gasteiger partial charge in [-0.05, 0) is 39.4 Å². The number of rotatable bonds is 1. The summed E-state index contributed by atoms with van der Waals surface area (Å²) in [6.45, 7) is 6.54. The maximum atomic E-state index is 11.7. The second kappa shape index (κ2) is 5.06. The fraction of sp³-hybridized carbons (Fsp3) is 0.900. The number of hydrogen-bond donors (Lipinski definition) is 2. The van der Waals surface area contributed by atoms with Gasteiger partial charge in [0, 0.05) is 13.1 Å². The monoisotopic (exact) mass is 229 g/mol. The van der Waals surface area contributed by atoms with Gasteiger partial charge in [-0.15, -0.1) is 0 Å². The molecule has 1 fully saturated rings. The maximum Gasteiger partial charge on any atom is 0.454 e. The number of nitrogens with zero attached hydrogens (tertiary/aromatic N) is 1.